The predicted molar refractivity (Wildman–Crippen MR) is 71.0 cm³/mol. The molecular formula is C12H18FNO5S. The Morgan fingerprint density at radius 3 is 2.35 bits per heavy atom. The molecule has 1 rings (SSSR count). The summed E-state index contributed by atoms with van der Waals surface area (Å²) in [5.74, 6) is -0.675. The van der Waals surface area contributed by atoms with Crippen molar-refractivity contribution in [1.29, 1.82) is 0 Å². The van der Waals surface area contributed by atoms with E-state index in [0.717, 1.165) is 12.1 Å². The number of sulfonamides is 1. The quantitative estimate of drug-likeness (QED) is 0.697. The van der Waals surface area contributed by atoms with E-state index in [2.05, 4.69) is 4.72 Å². The summed E-state index contributed by atoms with van der Waals surface area (Å²) in [7, 11) is -1.31. The summed E-state index contributed by atoms with van der Waals surface area (Å²) >= 11 is 0. The molecule has 0 aliphatic carbocycles. The van der Waals surface area contributed by atoms with E-state index in [0.29, 0.717) is 12.8 Å². The van der Waals surface area contributed by atoms with E-state index < -0.39 is 20.7 Å². The van der Waals surface area contributed by atoms with Gasteiger partial charge in [-0.05, 0) is 12.8 Å². The minimum atomic E-state index is -3.97. The number of aliphatic hydroxyl groups excluding tert-OH is 1. The van der Waals surface area contributed by atoms with Gasteiger partial charge in [0.15, 0.2) is 11.5 Å². The molecule has 0 bridgehead atoms. The second kappa shape index (κ2) is 7.41. The molecule has 6 nitrogen and oxygen atoms in total. The Morgan fingerprint density at radius 2 is 1.80 bits per heavy atom. The third-order valence-corrected chi connectivity index (χ3v) is 4.08. The van der Waals surface area contributed by atoms with Crippen LogP contribution in [0, 0.1) is 5.82 Å². The summed E-state index contributed by atoms with van der Waals surface area (Å²) in [6, 6.07) is 2.03. The number of aliphatic hydroxyl groups is 1. The van der Waals surface area contributed by atoms with E-state index in [1.807, 2.05) is 0 Å². The lowest BCUT2D eigenvalue weighted by atomic mass is 10.3. The Kier molecular flexibility index (Phi) is 6.18. The first-order valence-corrected chi connectivity index (χ1v) is 7.46. The van der Waals surface area contributed by atoms with Crippen LogP contribution in [-0.2, 0) is 10.0 Å². The van der Waals surface area contributed by atoms with Crippen LogP contribution in [0.2, 0.25) is 0 Å². The van der Waals surface area contributed by atoms with Crippen LogP contribution >= 0.6 is 0 Å². The van der Waals surface area contributed by atoms with Crippen LogP contribution in [-0.4, -0.2) is 40.9 Å². The molecule has 2 N–H and O–H groups in total. The van der Waals surface area contributed by atoms with Crippen molar-refractivity contribution in [3.05, 3.63) is 17.9 Å². The number of unbranched alkanes of at least 4 members (excludes halogenated alkanes) is 1. The monoisotopic (exact) mass is 307 g/mol. The zero-order valence-electron chi connectivity index (χ0n) is 11.3. The lowest BCUT2D eigenvalue weighted by Gasteiger charge is -2.12. The van der Waals surface area contributed by atoms with Crippen LogP contribution in [0.25, 0.3) is 0 Å². The van der Waals surface area contributed by atoms with E-state index in [4.69, 9.17) is 14.6 Å². The Labute approximate surface area is 117 Å². The minimum absolute atomic E-state index is 0.0214. The largest absolute Gasteiger partial charge is 0.493 e. The number of rotatable bonds is 8. The highest BCUT2D eigenvalue weighted by Crippen LogP contribution is 2.31. The van der Waals surface area contributed by atoms with Crippen molar-refractivity contribution >= 4 is 10.0 Å². The molecule has 0 atom stereocenters. The van der Waals surface area contributed by atoms with Crippen molar-refractivity contribution in [1.82, 2.24) is 4.72 Å². The third-order valence-electron chi connectivity index (χ3n) is 2.60. The first-order chi connectivity index (χ1) is 9.46. The fraction of sp³-hybridized carbons (Fsp3) is 0.500. The highest BCUT2D eigenvalue weighted by molar-refractivity contribution is 7.89. The van der Waals surface area contributed by atoms with Crippen LogP contribution < -0.4 is 14.2 Å². The first-order valence-electron chi connectivity index (χ1n) is 5.98. The summed E-state index contributed by atoms with van der Waals surface area (Å²) in [5.41, 5.74) is 0. The Bertz CT molecular complexity index is 547. The molecule has 114 valence electrons. The summed E-state index contributed by atoms with van der Waals surface area (Å²) in [6.45, 7) is 0.100. The molecule has 0 spiro atoms. The van der Waals surface area contributed by atoms with Gasteiger partial charge in [0.2, 0.25) is 10.0 Å². The number of benzene rings is 1. The average molecular weight is 307 g/mol. The van der Waals surface area contributed by atoms with Gasteiger partial charge in [0.1, 0.15) is 10.7 Å². The van der Waals surface area contributed by atoms with Gasteiger partial charge in [-0.15, -0.1) is 0 Å². The molecule has 8 heteroatoms. The van der Waals surface area contributed by atoms with Crippen LogP contribution in [0.4, 0.5) is 4.39 Å². The van der Waals surface area contributed by atoms with Crippen molar-refractivity contribution in [2.24, 2.45) is 0 Å². The van der Waals surface area contributed by atoms with Gasteiger partial charge in [-0.1, -0.05) is 0 Å². The first kappa shape index (κ1) is 16.7. The van der Waals surface area contributed by atoms with Crippen molar-refractivity contribution in [3.8, 4) is 11.5 Å². The normalized spacial score (nSPS) is 11.4. The van der Waals surface area contributed by atoms with Gasteiger partial charge in [0, 0.05) is 25.3 Å². The van der Waals surface area contributed by atoms with Crippen LogP contribution in [0.5, 0.6) is 11.5 Å². The van der Waals surface area contributed by atoms with Gasteiger partial charge in [0.25, 0.3) is 0 Å². The van der Waals surface area contributed by atoms with E-state index >= 15 is 0 Å². The Hall–Kier alpha value is -1.38. The summed E-state index contributed by atoms with van der Waals surface area (Å²) in [4.78, 5) is -0.501. The molecule has 0 aliphatic heterocycles. The van der Waals surface area contributed by atoms with Gasteiger partial charge in [-0.2, -0.15) is 0 Å². The van der Waals surface area contributed by atoms with Crippen LogP contribution in [0.15, 0.2) is 17.0 Å². The molecule has 0 unspecified atom stereocenters. The van der Waals surface area contributed by atoms with Gasteiger partial charge in [-0.3, -0.25) is 0 Å². The van der Waals surface area contributed by atoms with Crippen molar-refractivity contribution in [2.45, 2.75) is 17.7 Å². The molecule has 0 heterocycles. The van der Waals surface area contributed by atoms with Crippen molar-refractivity contribution in [2.75, 3.05) is 27.4 Å². The molecule has 1 aromatic carbocycles. The zero-order valence-corrected chi connectivity index (χ0v) is 12.2. The molecule has 0 aliphatic rings. The molecule has 0 amide bonds. The SMILES string of the molecule is COc1cc(F)c(S(=O)(=O)NCCCCO)cc1OC. The number of hydrogen-bond acceptors (Lipinski definition) is 5. The van der Waals surface area contributed by atoms with Crippen molar-refractivity contribution < 1.29 is 27.4 Å². The van der Waals surface area contributed by atoms with Gasteiger partial charge >= 0.3 is 0 Å². The molecule has 0 aromatic heterocycles. The van der Waals surface area contributed by atoms with Gasteiger partial charge < -0.3 is 14.6 Å². The topological polar surface area (TPSA) is 84.9 Å². The number of ether oxygens (including phenoxy) is 2. The van der Waals surface area contributed by atoms with E-state index in [-0.39, 0.29) is 24.7 Å². The number of hydrogen-bond donors (Lipinski definition) is 2. The molecule has 20 heavy (non-hydrogen) atoms. The second-order valence-corrected chi connectivity index (χ2v) is 5.70. The predicted octanol–water partition coefficient (Wildman–Crippen LogP) is 0.894. The highest BCUT2D eigenvalue weighted by atomic mass is 32.2. The molecule has 0 radical (unpaired) electrons. The highest BCUT2D eigenvalue weighted by Gasteiger charge is 2.22. The maximum Gasteiger partial charge on any atom is 0.243 e. The fourth-order valence-corrected chi connectivity index (χ4v) is 2.71. The second-order valence-electron chi connectivity index (χ2n) is 3.97. The zero-order chi connectivity index (χ0) is 15.2. The number of nitrogens with one attached hydrogen (secondary N) is 1. The summed E-state index contributed by atoms with van der Waals surface area (Å²) in [6.07, 6.45) is 0.932. The van der Waals surface area contributed by atoms with Crippen LogP contribution in [0.1, 0.15) is 12.8 Å². The number of halogens is 1. The van der Waals surface area contributed by atoms with Gasteiger partial charge in [0.05, 0.1) is 14.2 Å². The summed E-state index contributed by atoms with van der Waals surface area (Å²) in [5, 5.41) is 8.62. The molecule has 0 saturated heterocycles. The fourth-order valence-electron chi connectivity index (χ4n) is 1.56. The lowest BCUT2D eigenvalue weighted by Crippen LogP contribution is -2.26. The maximum absolute atomic E-state index is 13.8. The molecular weight excluding hydrogens is 289 g/mol. The molecule has 0 saturated carbocycles. The maximum atomic E-state index is 13.8. The van der Waals surface area contributed by atoms with E-state index in [9.17, 15) is 12.8 Å². The summed E-state index contributed by atoms with van der Waals surface area (Å²) < 4.78 is 49.9. The van der Waals surface area contributed by atoms with Crippen molar-refractivity contribution in [3.63, 3.8) is 0 Å². The molecule has 1 aromatic rings. The van der Waals surface area contributed by atoms with E-state index in [1.54, 1.807) is 0 Å². The Balaban J connectivity index is 2.99. The Morgan fingerprint density at radius 1 is 1.20 bits per heavy atom. The lowest BCUT2D eigenvalue weighted by molar-refractivity contribution is 0.285. The molecule has 0 fully saturated rings. The third kappa shape index (κ3) is 4.06. The minimum Gasteiger partial charge on any atom is -0.493 e. The van der Waals surface area contributed by atoms with E-state index in [1.165, 1.54) is 14.2 Å². The standard InChI is InChI=1S/C12H18FNO5S/c1-18-10-7-9(13)12(8-11(10)19-2)20(16,17)14-5-3-4-6-15/h7-8,14-15H,3-6H2,1-2H3. The van der Waals surface area contributed by atoms with Gasteiger partial charge in [-0.25, -0.2) is 17.5 Å². The smallest absolute Gasteiger partial charge is 0.243 e. The average Bonchev–Trinajstić information content (AvgIpc) is 2.43. The van der Waals surface area contributed by atoms with Crippen LogP contribution in [0.3, 0.4) is 0 Å². The number of methoxy groups -OCH3 is 2.